The molecular weight excluding hydrogens is 132 g/mol. The number of hydrogen-bond acceptors (Lipinski definition) is 3. The third-order valence-electron chi connectivity index (χ3n) is 0.129. The van der Waals surface area contributed by atoms with Crippen molar-refractivity contribution >= 4 is 29.0 Å². The number of carbonyl (C=O) groups is 1. The molecule has 0 unspecified atom stereocenters. The summed E-state index contributed by atoms with van der Waals surface area (Å²) in [6.07, 6.45) is 1.75. The average molecular weight is 141 g/mol. The topological polar surface area (TPSA) is 60.4 Å². The summed E-state index contributed by atoms with van der Waals surface area (Å²) in [5.74, 6) is -1.44. The molecule has 0 amide bonds. The first-order valence-corrected chi connectivity index (χ1v) is 2.06. The van der Waals surface area contributed by atoms with Crippen molar-refractivity contribution in [1.82, 2.24) is 0 Å². The van der Waals surface area contributed by atoms with E-state index in [2.05, 4.69) is 6.58 Å². The van der Waals surface area contributed by atoms with Gasteiger partial charge in [-0.25, -0.2) is 0 Å². The number of aliphatic hydroxyl groups excluding tert-OH is 1. The van der Waals surface area contributed by atoms with Crippen LogP contribution in [0.3, 0.4) is 0 Å². The fourth-order valence-electron chi connectivity index (χ4n) is 0. The van der Waals surface area contributed by atoms with Crippen molar-refractivity contribution in [1.29, 1.82) is 0 Å². The molecule has 0 bridgehead atoms. The molecule has 1 N–H and O–H groups in total. The molecule has 0 saturated carbocycles. The second-order valence-electron chi connectivity index (χ2n) is 0.938. The maximum atomic E-state index is 9.01. The van der Waals surface area contributed by atoms with E-state index in [-0.39, 0.29) is 23.1 Å². The Morgan fingerprint density at radius 3 is 2.00 bits per heavy atom. The number of aliphatic hydroxyl groups is 1. The quantitative estimate of drug-likeness (QED) is 0.359. The summed E-state index contributed by atoms with van der Waals surface area (Å²) in [4.78, 5) is 9.01. The van der Waals surface area contributed by atoms with Gasteiger partial charge in [-0.1, -0.05) is 6.08 Å². The average Bonchev–Trinajstić information content (AvgIpc) is 1.69. The summed E-state index contributed by atoms with van der Waals surface area (Å²) in [7, 11) is 0. The molecule has 3 nitrogen and oxygen atoms in total. The van der Waals surface area contributed by atoms with Crippen LogP contribution in [0.5, 0.6) is 0 Å². The standard InChI is InChI=1S/C3H6.C2H4O3.Mg/c1-3-2;3-1-2(4)5;/h3H,1H2,2H3;3H,1H2,(H,4,5);/q;;+2/p-1. The first kappa shape index (κ1) is 16.0. The summed E-state index contributed by atoms with van der Waals surface area (Å²) in [5.41, 5.74) is 0. The molecule has 0 aromatic heterocycles. The second-order valence-corrected chi connectivity index (χ2v) is 0.938. The molecule has 48 valence electrons. The fourth-order valence-corrected chi connectivity index (χ4v) is 0. The molecular formula is C5H9MgO3+. The SMILES string of the molecule is C=CC.O=C([O-])CO.[Mg+2]. The van der Waals surface area contributed by atoms with E-state index >= 15 is 0 Å². The zero-order valence-electron chi connectivity index (χ0n) is 5.46. The van der Waals surface area contributed by atoms with Gasteiger partial charge in [0.05, 0.1) is 12.6 Å². The van der Waals surface area contributed by atoms with E-state index in [4.69, 9.17) is 15.0 Å². The van der Waals surface area contributed by atoms with Crippen LogP contribution < -0.4 is 5.11 Å². The molecule has 0 aromatic rings. The number of rotatable bonds is 1. The predicted octanol–water partition coefficient (Wildman–Crippen LogP) is -1.46. The Morgan fingerprint density at radius 1 is 1.89 bits per heavy atom. The van der Waals surface area contributed by atoms with E-state index in [1.807, 2.05) is 6.92 Å². The molecule has 0 spiro atoms. The summed E-state index contributed by atoms with van der Waals surface area (Å²) in [5, 5.41) is 16.5. The normalized spacial score (nSPS) is 5.56. The molecule has 0 aliphatic carbocycles. The van der Waals surface area contributed by atoms with Crippen LogP contribution in [0.4, 0.5) is 0 Å². The number of carboxylic acids is 1. The van der Waals surface area contributed by atoms with E-state index in [0.717, 1.165) is 0 Å². The van der Waals surface area contributed by atoms with Gasteiger partial charge in [0.2, 0.25) is 0 Å². The van der Waals surface area contributed by atoms with Crippen molar-refractivity contribution in [2.24, 2.45) is 0 Å². The molecule has 9 heavy (non-hydrogen) atoms. The fraction of sp³-hybridized carbons (Fsp3) is 0.400. The van der Waals surface area contributed by atoms with Crippen molar-refractivity contribution in [3.8, 4) is 0 Å². The summed E-state index contributed by atoms with van der Waals surface area (Å²) in [6, 6.07) is 0. The van der Waals surface area contributed by atoms with Crippen LogP contribution in [0.25, 0.3) is 0 Å². The van der Waals surface area contributed by atoms with Crippen LogP contribution in [-0.2, 0) is 4.79 Å². The summed E-state index contributed by atoms with van der Waals surface area (Å²) >= 11 is 0. The Bertz CT molecular complexity index is 72.6. The molecule has 0 fully saturated rings. The molecule has 0 radical (unpaired) electrons. The minimum absolute atomic E-state index is 0. The van der Waals surface area contributed by atoms with Crippen LogP contribution in [0.15, 0.2) is 12.7 Å². The maximum Gasteiger partial charge on any atom is 2.00 e. The molecule has 0 saturated heterocycles. The van der Waals surface area contributed by atoms with Gasteiger partial charge in [0.25, 0.3) is 0 Å². The monoisotopic (exact) mass is 141 g/mol. The number of carbonyl (C=O) groups excluding carboxylic acids is 1. The maximum absolute atomic E-state index is 9.01. The van der Waals surface area contributed by atoms with Crippen LogP contribution >= 0.6 is 0 Å². The molecule has 0 rings (SSSR count). The van der Waals surface area contributed by atoms with E-state index < -0.39 is 12.6 Å². The molecule has 0 heterocycles. The van der Waals surface area contributed by atoms with Crippen LogP contribution in [-0.4, -0.2) is 40.7 Å². The van der Waals surface area contributed by atoms with Gasteiger partial charge in [-0.2, -0.15) is 0 Å². The Labute approximate surface area is 70.5 Å². The number of carboxylic acid groups (broad SMARTS) is 1. The number of allylic oxidation sites excluding steroid dienone is 1. The predicted molar refractivity (Wildman–Crippen MR) is 33.7 cm³/mol. The van der Waals surface area contributed by atoms with Gasteiger partial charge >= 0.3 is 23.1 Å². The Balaban J connectivity index is -0.0000000800. The number of aliphatic carboxylic acids is 1. The number of hydrogen-bond donors (Lipinski definition) is 1. The Hall–Kier alpha value is -0.0638. The largest absolute Gasteiger partial charge is 2.00 e. The first-order chi connectivity index (χ1) is 3.68. The molecule has 0 aromatic carbocycles. The van der Waals surface area contributed by atoms with Crippen molar-refractivity contribution < 1.29 is 15.0 Å². The molecule has 0 aliphatic rings. The van der Waals surface area contributed by atoms with Crippen LogP contribution in [0.1, 0.15) is 6.92 Å². The van der Waals surface area contributed by atoms with E-state index in [1.54, 1.807) is 6.08 Å². The smallest absolute Gasteiger partial charge is 0.548 e. The van der Waals surface area contributed by atoms with Gasteiger partial charge in [0.15, 0.2) is 0 Å². The third-order valence-corrected chi connectivity index (χ3v) is 0.129. The minimum Gasteiger partial charge on any atom is -0.548 e. The van der Waals surface area contributed by atoms with E-state index in [9.17, 15) is 0 Å². The van der Waals surface area contributed by atoms with Gasteiger partial charge in [0, 0.05) is 0 Å². The summed E-state index contributed by atoms with van der Waals surface area (Å²) < 4.78 is 0. The van der Waals surface area contributed by atoms with Gasteiger partial charge < -0.3 is 15.0 Å². The van der Waals surface area contributed by atoms with E-state index in [1.165, 1.54) is 0 Å². The van der Waals surface area contributed by atoms with E-state index in [0.29, 0.717) is 0 Å². The van der Waals surface area contributed by atoms with Crippen LogP contribution in [0, 0.1) is 0 Å². The van der Waals surface area contributed by atoms with Crippen molar-refractivity contribution in [3.05, 3.63) is 12.7 Å². The van der Waals surface area contributed by atoms with Crippen molar-refractivity contribution in [3.63, 3.8) is 0 Å². The Morgan fingerprint density at radius 2 is 2.00 bits per heavy atom. The third kappa shape index (κ3) is 74.6. The van der Waals surface area contributed by atoms with Crippen molar-refractivity contribution in [2.75, 3.05) is 6.61 Å². The zero-order chi connectivity index (χ0) is 6.99. The van der Waals surface area contributed by atoms with Gasteiger partial charge in [0.1, 0.15) is 0 Å². The first-order valence-electron chi connectivity index (χ1n) is 2.06. The van der Waals surface area contributed by atoms with Crippen LogP contribution in [0.2, 0.25) is 0 Å². The Kier molecular flexibility index (Phi) is 27.8. The molecule has 4 heteroatoms. The zero-order valence-corrected chi connectivity index (χ0v) is 6.88. The molecule has 0 aliphatic heterocycles. The van der Waals surface area contributed by atoms with Gasteiger partial charge in [-0.15, -0.1) is 6.58 Å². The minimum atomic E-state index is -1.44. The second kappa shape index (κ2) is 15.7. The summed E-state index contributed by atoms with van der Waals surface area (Å²) in [6.45, 7) is 4.36. The molecule has 0 atom stereocenters. The van der Waals surface area contributed by atoms with Gasteiger partial charge in [-0.3, -0.25) is 0 Å². The van der Waals surface area contributed by atoms with Crippen molar-refractivity contribution in [2.45, 2.75) is 6.92 Å². The van der Waals surface area contributed by atoms with Gasteiger partial charge in [-0.05, 0) is 6.92 Å².